The molecule has 0 radical (unpaired) electrons. The van der Waals surface area contributed by atoms with E-state index in [0.29, 0.717) is 5.92 Å². The summed E-state index contributed by atoms with van der Waals surface area (Å²) in [4.78, 5) is 0. The summed E-state index contributed by atoms with van der Waals surface area (Å²) in [5.74, 6) is 0.307. The third kappa shape index (κ3) is 5.18. The fourth-order valence-corrected chi connectivity index (χ4v) is 8.05. The molecule has 0 atom stereocenters. The Bertz CT molecular complexity index is 3250. The predicted octanol–water partition coefficient (Wildman–Crippen LogP) is 13.8. The molecule has 10 rings (SSSR count). The van der Waals surface area contributed by atoms with Gasteiger partial charge in [-0.3, -0.25) is 0 Å². The zero-order valence-electron chi connectivity index (χ0n) is 29.4. The summed E-state index contributed by atoms with van der Waals surface area (Å²) in [5, 5.41) is 19.7. The van der Waals surface area contributed by atoms with E-state index in [0.717, 1.165) is 86.2 Å². The second kappa shape index (κ2) is 12.2. The summed E-state index contributed by atoms with van der Waals surface area (Å²) in [6.07, 6.45) is 0. The summed E-state index contributed by atoms with van der Waals surface area (Å²) in [6, 6.07) is 77.2. The zero-order valence-corrected chi connectivity index (χ0v) is 29.4. The lowest BCUT2D eigenvalue weighted by Crippen LogP contribution is -1.92. The molecule has 0 nitrogen and oxygen atoms in total. The van der Waals surface area contributed by atoms with E-state index >= 15 is 0 Å². The lowest BCUT2D eigenvalue weighted by molar-refractivity contribution is 0.885. The van der Waals surface area contributed by atoms with Crippen LogP contribution in [-0.4, -0.2) is 0 Å². The molecular weight excluding hydrogens is 637 g/mol. The van der Waals surface area contributed by atoms with Gasteiger partial charge in [-0.05, 0) is 155 Å². The highest BCUT2D eigenvalue weighted by Gasteiger charge is 2.13. The third-order valence-electron chi connectivity index (χ3n) is 10.5. The van der Waals surface area contributed by atoms with Gasteiger partial charge in [-0.25, -0.2) is 0 Å². The van der Waals surface area contributed by atoms with Crippen LogP contribution in [-0.2, 0) is 0 Å². The number of benzene rings is 9. The normalized spacial score (nSPS) is 11.2. The van der Waals surface area contributed by atoms with E-state index in [4.69, 9.17) is 0 Å². The van der Waals surface area contributed by atoms with Crippen LogP contribution in [0.2, 0.25) is 0 Å². The van der Waals surface area contributed by atoms with Crippen molar-refractivity contribution in [3.8, 4) is 0 Å². The van der Waals surface area contributed by atoms with E-state index in [1.165, 1.54) is 16.3 Å². The molecule has 10 aromatic carbocycles. The van der Waals surface area contributed by atoms with Crippen molar-refractivity contribution in [1.29, 1.82) is 0 Å². The first-order chi connectivity index (χ1) is 26.1. The molecule has 0 spiro atoms. The van der Waals surface area contributed by atoms with Crippen molar-refractivity contribution in [2.24, 2.45) is 0 Å². The van der Waals surface area contributed by atoms with Crippen LogP contribution < -0.4 is 0 Å². The standard InChI is InChI=1S/C53H30/c1-34(2)53-45-23-9-17-36-12-4-3-11-35-13-5-19-41-29-42-20-6-14-37(48(42)31-47(35)41)25-26-38-15-7-21-43-30-44-22-8-16-39(50(44)32-49(38)43)27-28-40-18-10-24-46(53)52(40)33-51(36)45/h5-10,13-24,29-34H,1-2H3. The SMILES string of the molecule is CC(C)c1c2cccc3c#cc#cc4cccc5cc6cccc(c#cc7cccc8cc9cccc(c#cc%10cccc1c%10cc32)c9cc78)c6cc45. The minimum Gasteiger partial charge on any atom is -0.0610 e. The van der Waals surface area contributed by atoms with E-state index in [2.05, 4.69) is 202 Å². The Hall–Kier alpha value is -7.22. The minimum atomic E-state index is 0.307. The Morgan fingerprint density at radius 1 is 0.302 bits per heavy atom. The van der Waals surface area contributed by atoms with Crippen molar-refractivity contribution in [3.05, 3.63) is 194 Å². The molecule has 0 aliphatic carbocycles. The minimum absolute atomic E-state index is 0.307. The molecule has 0 heteroatoms. The van der Waals surface area contributed by atoms with Crippen molar-refractivity contribution in [3.63, 3.8) is 0 Å². The van der Waals surface area contributed by atoms with Crippen molar-refractivity contribution < 1.29 is 0 Å². The average Bonchev–Trinajstić information content (AvgIpc) is 3.18. The van der Waals surface area contributed by atoms with E-state index in [9.17, 15) is 0 Å². The monoisotopic (exact) mass is 666 g/mol. The smallest absolute Gasteiger partial charge is 0.0334 e. The highest BCUT2D eigenvalue weighted by molar-refractivity contribution is 6.14. The van der Waals surface area contributed by atoms with E-state index < -0.39 is 0 Å². The lowest BCUT2D eigenvalue weighted by Gasteiger charge is -2.15. The Morgan fingerprint density at radius 3 is 0.981 bits per heavy atom. The van der Waals surface area contributed by atoms with Gasteiger partial charge in [0.1, 0.15) is 0 Å². The molecule has 0 N–H and O–H groups in total. The van der Waals surface area contributed by atoms with Crippen LogP contribution in [0.25, 0.3) is 97.0 Å². The van der Waals surface area contributed by atoms with Gasteiger partial charge in [-0.15, -0.1) is 0 Å². The molecule has 0 saturated carbocycles. The van der Waals surface area contributed by atoms with Crippen LogP contribution in [0, 0.1) is 48.5 Å². The highest BCUT2D eigenvalue weighted by atomic mass is 14.2. The maximum atomic E-state index is 3.61. The summed E-state index contributed by atoms with van der Waals surface area (Å²) >= 11 is 0. The molecule has 0 unspecified atom stereocenters. The molecule has 53 heavy (non-hydrogen) atoms. The first kappa shape index (κ1) is 30.6. The molecule has 242 valence electrons. The highest BCUT2D eigenvalue weighted by Crippen LogP contribution is 2.37. The fraction of sp³-hybridized carbons (Fsp3) is 0.0566. The van der Waals surface area contributed by atoms with Gasteiger partial charge in [0, 0.05) is 32.3 Å². The third-order valence-corrected chi connectivity index (χ3v) is 10.5. The van der Waals surface area contributed by atoms with Crippen LogP contribution in [0.15, 0.2) is 140 Å². The van der Waals surface area contributed by atoms with Gasteiger partial charge in [-0.1, -0.05) is 123 Å². The summed E-state index contributed by atoms with van der Waals surface area (Å²) in [6.45, 7) is 4.53. The second-order valence-electron chi connectivity index (χ2n) is 14.1. The maximum absolute atomic E-state index is 3.61. The molecular formula is C53H30. The van der Waals surface area contributed by atoms with Crippen LogP contribution in [0.4, 0.5) is 0 Å². The largest absolute Gasteiger partial charge is 0.0610 e. The van der Waals surface area contributed by atoms with Gasteiger partial charge in [0.05, 0.1) is 0 Å². The molecule has 0 fully saturated rings. The molecule has 0 aliphatic heterocycles. The van der Waals surface area contributed by atoms with Crippen LogP contribution >= 0.6 is 0 Å². The quantitative estimate of drug-likeness (QED) is 0.153. The molecule has 0 amide bonds. The van der Waals surface area contributed by atoms with Gasteiger partial charge in [0.25, 0.3) is 0 Å². The van der Waals surface area contributed by atoms with Crippen molar-refractivity contribution in [2.45, 2.75) is 19.8 Å². The van der Waals surface area contributed by atoms with E-state index in [-0.39, 0.29) is 0 Å². The molecule has 6 bridgehead atoms. The van der Waals surface area contributed by atoms with Gasteiger partial charge < -0.3 is 0 Å². The first-order valence-corrected chi connectivity index (χ1v) is 18.0. The van der Waals surface area contributed by atoms with Crippen LogP contribution in [0.1, 0.15) is 25.3 Å². The summed E-state index contributed by atoms with van der Waals surface area (Å²) < 4.78 is 0. The zero-order chi connectivity index (χ0) is 35.5. The Labute approximate surface area is 309 Å². The Balaban J connectivity index is 1.37. The van der Waals surface area contributed by atoms with Gasteiger partial charge in [0.2, 0.25) is 0 Å². The topological polar surface area (TPSA) is 0 Å². The van der Waals surface area contributed by atoms with Crippen LogP contribution in [0.3, 0.4) is 0 Å². The summed E-state index contributed by atoms with van der Waals surface area (Å²) in [5.41, 5.74) is 1.31. The van der Waals surface area contributed by atoms with Crippen molar-refractivity contribution in [2.75, 3.05) is 0 Å². The Kier molecular flexibility index (Phi) is 7.06. The van der Waals surface area contributed by atoms with Crippen molar-refractivity contribution in [1.82, 2.24) is 0 Å². The maximum Gasteiger partial charge on any atom is 0.0334 e. The molecule has 0 saturated heterocycles. The number of rotatable bonds is 1. The first-order valence-electron chi connectivity index (χ1n) is 18.0. The summed E-state index contributed by atoms with van der Waals surface area (Å²) in [7, 11) is 0. The molecule has 0 aliphatic rings. The van der Waals surface area contributed by atoms with Gasteiger partial charge >= 0.3 is 0 Å². The Morgan fingerprint density at radius 2 is 0.604 bits per heavy atom. The number of hydrogen-bond donors (Lipinski definition) is 0. The van der Waals surface area contributed by atoms with Gasteiger partial charge in [0.15, 0.2) is 0 Å². The van der Waals surface area contributed by atoms with Gasteiger partial charge in [-0.2, -0.15) is 0 Å². The molecule has 0 heterocycles. The van der Waals surface area contributed by atoms with Crippen molar-refractivity contribution >= 4 is 97.0 Å². The fourth-order valence-electron chi connectivity index (χ4n) is 8.05. The number of hydrogen-bond acceptors (Lipinski definition) is 0. The molecule has 10 aromatic rings. The molecule has 0 aromatic heterocycles. The van der Waals surface area contributed by atoms with E-state index in [1.807, 2.05) is 0 Å². The van der Waals surface area contributed by atoms with Crippen LogP contribution in [0.5, 0.6) is 0 Å². The lowest BCUT2D eigenvalue weighted by atomic mass is 9.88. The van der Waals surface area contributed by atoms with E-state index in [1.54, 1.807) is 0 Å². The second-order valence-corrected chi connectivity index (χ2v) is 14.1. The average molecular weight is 667 g/mol. The predicted molar refractivity (Wildman–Crippen MR) is 224 cm³/mol.